The second-order valence-corrected chi connectivity index (χ2v) is 7.72. The Morgan fingerprint density at radius 2 is 1.88 bits per heavy atom. The number of nitrogens with zero attached hydrogens (tertiary/aromatic N) is 1. The maximum atomic E-state index is 12.7. The third-order valence-electron chi connectivity index (χ3n) is 3.71. The minimum atomic E-state index is -3.69. The summed E-state index contributed by atoms with van der Waals surface area (Å²) in [6.45, 7) is 0.876. The maximum absolute atomic E-state index is 12.7. The molecule has 0 heterocycles. The highest BCUT2D eigenvalue weighted by atomic mass is 32.2. The molecule has 0 saturated carbocycles. The first-order valence-electron chi connectivity index (χ1n) is 8.21. The molecule has 0 unspecified atom stereocenters. The third-order valence-corrected chi connectivity index (χ3v) is 5.53. The summed E-state index contributed by atoms with van der Waals surface area (Å²) in [4.78, 5) is 12.1. The van der Waals surface area contributed by atoms with Gasteiger partial charge in [0.15, 0.2) is 0 Å². The predicted molar refractivity (Wildman–Crippen MR) is 103 cm³/mol. The van der Waals surface area contributed by atoms with Gasteiger partial charge in [-0.2, -0.15) is 4.31 Å². The van der Waals surface area contributed by atoms with Crippen molar-refractivity contribution in [2.75, 3.05) is 26.7 Å². The largest absolute Gasteiger partial charge is 0.351 e. The second kappa shape index (κ2) is 9.28. The predicted octanol–water partition coefficient (Wildman–Crippen LogP) is 1.71. The minimum Gasteiger partial charge on any atom is -0.351 e. The van der Waals surface area contributed by atoms with Crippen molar-refractivity contribution < 1.29 is 13.2 Å². The molecule has 0 fully saturated rings. The van der Waals surface area contributed by atoms with E-state index >= 15 is 0 Å². The van der Waals surface area contributed by atoms with E-state index in [2.05, 4.69) is 5.32 Å². The molecule has 0 radical (unpaired) electrons. The van der Waals surface area contributed by atoms with Gasteiger partial charge in [-0.1, -0.05) is 48.6 Å². The van der Waals surface area contributed by atoms with E-state index in [0.717, 1.165) is 5.56 Å². The minimum absolute atomic E-state index is 0.0773. The Bertz CT molecular complexity index is 865. The topological polar surface area (TPSA) is 92.5 Å². The Kier molecular flexibility index (Phi) is 7.08. The molecular formula is C19H23N3O3S. The number of hydrogen-bond donors (Lipinski definition) is 2. The molecule has 0 aliphatic rings. The highest BCUT2D eigenvalue weighted by molar-refractivity contribution is 7.89. The molecule has 7 heteroatoms. The Morgan fingerprint density at radius 1 is 1.15 bits per heavy atom. The molecule has 0 aliphatic carbocycles. The molecule has 0 atom stereocenters. The molecule has 0 aromatic heterocycles. The molecule has 0 saturated heterocycles. The summed E-state index contributed by atoms with van der Waals surface area (Å²) in [6.07, 6.45) is 3.65. The van der Waals surface area contributed by atoms with Gasteiger partial charge in [0.1, 0.15) is 0 Å². The average Bonchev–Trinajstić information content (AvgIpc) is 2.67. The fourth-order valence-corrected chi connectivity index (χ4v) is 3.43. The number of hydrogen-bond acceptors (Lipinski definition) is 4. The van der Waals surface area contributed by atoms with Crippen molar-refractivity contribution in [2.45, 2.75) is 4.90 Å². The lowest BCUT2D eigenvalue weighted by Gasteiger charge is -2.16. The van der Waals surface area contributed by atoms with E-state index in [1.165, 1.54) is 23.5 Å². The fourth-order valence-electron chi connectivity index (χ4n) is 2.27. The zero-order valence-corrected chi connectivity index (χ0v) is 15.4. The summed E-state index contributed by atoms with van der Waals surface area (Å²) in [5.74, 6) is -0.348. The maximum Gasteiger partial charge on any atom is 0.251 e. The molecule has 138 valence electrons. The fraction of sp³-hybridized carbons (Fsp3) is 0.211. The number of sulfonamides is 1. The first-order chi connectivity index (χ1) is 12.4. The van der Waals surface area contributed by atoms with Crippen LogP contribution in [0.25, 0.3) is 6.08 Å². The number of carbonyl (C=O) groups is 1. The summed E-state index contributed by atoms with van der Waals surface area (Å²) in [7, 11) is -2.19. The lowest BCUT2D eigenvalue weighted by molar-refractivity contribution is 0.0954. The SMILES string of the molecule is CN(C/C=C/c1ccccc1)S(=O)(=O)c1cccc(C(=O)NCCN)c1. The lowest BCUT2D eigenvalue weighted by Crippen LogP contribution is -2.30. The first kappa shape index (κ1) is 19.8. The van der Waals surface area contributed by atoms with Crippen LogP contribution in [0.1, 0.15) is 15.9 Å². The van der Waals surface area contributed by atoms with Gasteiger partial charge in [0.25, 0.3) is 5.91 Å². The van der Waals surface area contributed by atoms with Crippen LogP contribution in [0.2, 0.25) is 0 Å². The van der Waals surface area contributed by atoms with Crippen LogP contribution >= 0.6 is 0 Å². The molecule has 2 aromatic rings. The average molecular weight is 373 g/mol. The van der Waals surface area contributed by atoms with Crippen molar-refractivity contribution in [3.8, 4) is 0 Å². The third kappa shape index (κ3) is 5.26. The van der Waals surface area contributed by atoms with Gasteiger partial charge >= 0.3 is 0 Å². The number of amides is 1. The van der Waals surface area contributed by atoms with E-state index in [1.54, 1.807) is 18.2 Å². The zero-order chi connectivity index (χ0) is 19.0. The van der Waals surface area contributed by atoms with Gasteiger partial charge in [-0.05, 0) is 23.8 Å². The van der Waals surface area contributed by atoms with E-state index in [-0.39, 0.29) is 22.9 Å². The number of nitrogens with two attached hydrogens (primary N) is 1. The normalized spacial score (nSPS) is 11.8. The molecule has 0 aliphatic heterocycles. The highest BCUT2D eigenvalue weighted by Crippen LogP contribution is 2.16. The Morgan fingerprint density at radius 3 is 2.58 bits per heavy atom. The van der Waals surface area contributed by atoms with E-state index in [1.807, 2.05) is 36.4 Å². The van der Waals surface area contributed by atoms with Crippen molar-refractivity contribution in [1.82, 2.24) is 9.62 Å². The van der Waals surface area contributed by atoms with E-state index in [0.29, 0.717) is 13.1 Å². The summed E-state index contributed by atoms with van der Waals surface area (Å²) in [5.41, 5.74) is 6.64. The second-order valence-electron chi connectivity index (χ2n) is 5.67. The molecule has 0 spiro atoms. The summed E-state index contributed by atoms with van der Waals surface area (Å²) in [6, 6.07) is 15.6. The lowest BCUT2D eigenvalue weighted by atomic mass is 10.2. The van der Waals surface area contributed by atoms with Crippen LogP contribution in [-0.4, -0.2) is 45.3 Å². The molecular weight excluding hydrogens is 350 g/mol. The van der Waals surface area contributed by atoms with Crippen molar-refractivity contribution >= 4 is 22.0 Å². The molecule has 2 aromatic carbocycles. The van der Waals surface area contributed by atoms with E-state index < -0.39 is 10.0 Å². The zero-order valence-electron chi connectivity index (χ0n) is 14.6. The van der Waals surface area contributed by atoms with Gasteiger partial charge in [-0.25, -0.2) is 8.42 Å². The van der Waals surface area contributed by atoms with E-state index in [4.69, 9.17) is 5.73 Å². The first-order valence-corrected chi connectivity index (χ1v) is 9.65. The summed E-state index contributed by atoms with van der Waals surface area (Å²) < 4.78 is 26.6. The van der Waals surface area contributed by atoms with Crippen LogP contribution in [0.15, 0.2) is 65.6 Å². The number of carbonyl (C=O) groups excluding carboxylic acids is 1. The number of nitrogens with one attached hydrogen (secondary N) is 1. The standard InChI is InChI=1S/C19H23N3O3S/c1-22(14-6-9-16-7-3-2-4-8-16)26(24,25)18-11-5-10-17(15-18)19(23)21-13-12-20/h2-11,15H,12-14,20H2,1H3,(H,21,23)/b9-6+. The van der Waals surface area contributed by atoms with Gasteiger partial charge in [-0.3, -0.25) is 4.79 Å². The molecule has 0 bridgehead atoms. The highest BCUT2D eigenvalue weighted by Gasteiger charge is 2.20. The number of likely N-dealkylation sites (N-methyl/N-ethyl adjacent to an activating group) is 1. The van der Waals surface area contributed by atoms with Crippen molar-refractivity contribution in [3.63, 3.8) is 0 Å². The molecule has 6 nitrogen and oxygen atoms in total. The van der Waals surface area contributed by atoms with Crippen LogP contribution in [0.5, 0.6) is 0 Å². The summed E-state index contributed by atoms with van der Waals surface area (Å²) in [5, 5.41) is 2.63. The Hall–Kier alpha value is -2.48. The van der Waals surface area contributed by atoms with Crippen molar-refractivity contribution in [2.24, 2.45) is 5.73 Å². The molecule has 26 heavy (non-hydrogen) atoms. The quantitative estimate of drug-likeness (QED) is 0.737. The number of rotatable bonds is 8. The number of benzene rings is 2. The Balaban J connectivity index is 2.11. The molecule has 3 N–H and O–H groups in total. The van der Waals surface area contributed by atoms with Crippen molar-refractivity contribution in [3.05, 3.63) is 71.8 Å². The van der Waals surface area contributed by atoms with Crippen molar-refractivity contribution in [1.29, 1.82) is 0 Å². The molecule has 2 rings (SSSR count). The van der Waals surface area contributed by atoms with Gasteiger partial charge in [0.05, 0.1) is 4.90 Å². The van der Waals surface area contributed by atoms with Crippen LogP contribution < -0.4 is 11.1 Å². The van der Waals surface area contributed by atoms with Gasteiger partial charge in [0.2, 0.25) is 10.0 Å². The summed E-state index contributed by atoms with van der Waals surface area (Å²) >= 11 is 0. The van der Waals surface area contributed by atoms with Gasteiger partial charge in [0, 0.05) is 32.2 Å². The molecule has 1 amide bonds. The Labute approximate surface area is 154 Å². The van der Waals surface area contributed by atoms with Crippen LogP contribution in [-0.2, 0) is 10.0 Å². The smallest absolute Gasteiger partial charge is 0.251 e. The van der Waals surface area contributed by atoms with Crippen LogP contribution in [0.3, 0.4) is 0 Å². The monoisotopic (exact) mass is 373 g/mol. The van der Waals surface area contributed by atoms with E-state index in [9.17, 15) is 13.2 Å². The van der Waals surface area contributed by atoms with Crippen LogP contribution in [0, 0.1) is 0 Å². The van der Waals surface area contributed by atoms with Gasteiger partial charge < -0.3 is 11.1 Å². The van der Waals surface area contributed by atoms with Gasteiger partial charge in [-0.15, -0.1) is 0 Å². The van der Waals surface area contributed by atoms with Crippen LogP contribution in [0.4, 0.5) is 0 Å².